The molecule has 0 aliphatic rings. The van der Waals surface area contributed by atoms with Crippen LogP contribution in [0.3, 0.4) is 0 Å². The van der Waals surface area contributed by atoms with Gasteiger partial charge >= 0.3 is 0 Å². The van der Waals surface area contributed by atoms with Gasteiger partial charge in [-0.2, -0.15) is 21.4 Å². The van der Waals surface area contributed by atoms with Crippen LogP contribution in [0.1, 0.15) is 16.4 Å². The van der Waals surface area contributed by atoms with E-state index in [-0.39, 0.29) is 0 Å². The van der Waals surface area contributed by atoms with E-state index in [4.69, 9.17) is 23.2 Å². The summed E-state index contributed by atoms with van der Waals surface area (Å²) in [5.41, 5.74) is 0.899. The lowest BCUT2D eigenvalue weighted by atomic mass is 10.2. The monoisotopic (exact) mass is 356 g/mol. The van der Waals surface area contributed by atoms with E-state index < -0.39 is 0 Å². The molecule has 0 amide bonds. The van der Waals surface area contributed by atoms with E-state index >= 15 is 0 Å². The van der Waals surface area contributed by atoms with Crippen LogP contribution in [0.2, 0.25) is 10.0 Å². The average molecular weight is 357 g/mol. The number of rotatable bonds is 4. The molecule has 1 aromatic carbocycles. The van der Waals surface area contributed by atoms with Gasteiger partial charge in [0.1, 0.15) is 5.01 Å². The van der Waals surface area contributed by atoms with Crippen LogP contribution in [0.4, 0.5) is 0 Å². The summed E-state index contributed by atoms with van der Waals surface area (Å²) in [6, 6.07) is 5.40. The zero-order valence-corrected chi connectivity index (χ0v) is 14.1. The van der Waals surface area contributed by atoms with Crippen molar-refractivity contribution >= 4 is 63.4 Å². The second kappa shape index (κ2) is 6.36. The molecule has 0 saturated carbocycles. The molecule has 0 aliphatic heterocycles. The van der Waals surface area contributed by atoms with E-state index in [9.17, 15) is 0 Å². The van der Waals surface area contributed by atoms with Crippen LogP contribution >= 0.6 is 46.3 Å². The minimum absolute atomic E-state index is 0.616. The number of fused-ring (bicyclic) bond motifs is 1. The second-order valence-electron chi connectivity index (χ2n) is 4.18. The lowest BCUT2D eigenvalue weighted by Gasteiger charge is -1.97. The van der Waals surface area contributed by atoms with Crippen molar-refractivity contribution in [3.05, 3.63) is 44.6 Å². The molecule has 3 rings (SSSR count). The van der Waals surface area contributed by atoms with E-state index in [1.807, 2.05) is 30.5 Å². The van der Waals surface area contributed by atoms with Gasteiger partial charge in [-0.15, -0.1) is 10.2 Å². The van der Waals surface area contributed by atoms with Crippen molar-refractivity contribution in [2.75, 3.05) is 6.26 Å². The fourth-order valence-electron chi connectivity index (χ4n) is 1.76. The zero-order valence-electron chi connectivity index (χ0n) is 11.0. The molecule has 4 nitrogen and oxygen atoms in total. The fourth-order valence-corrected chi connectivity index (χ4v) is 3.43. The quantitative estimate of drug-likeness (QED) is 0.688. The molecule has 0 radical (unpaired) electrons. The number of halogens is 2. The van der Waals surface area contributed by atoms with Crippen LogP contribution in [0.5, 0.6) is 0 Å². The molecule has 0 aliphatic carbocycles. The summed E-state index contributed by atoms with van der Waals surface area (Å²) in [6.07, 6.45) is 5.85. The van der Waals surface area contributed by atoms with Crippen LogP contribution < -0.4 is 0 Å². The van der Waals surface area contributed by atoms with E-state index in [0.29, 0.717) is 10.0 Å². The number of hydrogen-bond donors (Lipinski definition) is 0. The third-order valence-corrected chi connectivity index (χ3v) is 4.69. The summed E-state index contributed by atoms with van der Waals surface area (Å²) in [4.78, 5) is 0.793. The Balaban J connectivity index is 1.88. The van der Waals surface area contributed by atoms with Gasteiger partial charge in [-0.3, -0.25) is 0 Å². The minimum atomic E-state index is 0.616. The van der Waals surface area contributed by atoms with E-state index in [1.54, 1.807) is 22.3 Å². The molecule has 21 heavy (non-hydrogen) atoms. The standard InChI is InChI=1S/C13H10Cl2N4S2/c1-20-7-11-16-17-13-19(11)18-12(21-13)5-3-8-2-4-9(14)6-10(8)15/h2-6H,7H2,1H3/b5-3+. The maximum atomic E-state index is 6.14. The lowest BCUT2D eigenvalue weighted by Crippen LogP contribution is -1.93. The van der Waals surface area contributed by atoms with Gasteiger partial charge in [0.2, 0.25) is 4.96 Å². The minimum Gasteiger partial charge on any atom is -0.186 e. The number of hydrogen-bond acceptors (Lipinski definition) is 5. The molecule has 0 fully saturated rings. The van der Waals surface area contributed by atoms with Gasteiger partial charge < -0.3 is 0 Å². The Labute approximate surface area is 139 Å². The number of aromatic nitrogens is 4. The van der Waals surface area contributed by atoms with E-state index in [2.05, 4.69) is 15.3 Å². The zero-order chi connectivity index (χ0) is 14.8. The molecule has 0 saturated heterocycles. The highest BCUT2D eigenvalue weighted by Crippen LogP contribution is 2.24. The Bertz CT molecular complexity index is 810. The van der Waals surface area contributed by atoms with E-state index in [1.165, 1.54) is 11.3 Å². The van der Waals surface area contributed by atoms with Gasteiger partial charge in [-0.1, -0.05) is 46.7 Å². The summed E-state index contributed by atoms with van der Waals surface area (Å²) in [5, 5.41) is 14.8. The van der Waals surface area contributed by atoms with Crippen LogP contribution in [-0.2, 0) is 5.75 Å². The Morgan fingerprint density at radius 3 is 2.90 bits per heavy atom. The van der Waals surface area contributed by atoms with Gasteiger partial charge in [-0.25, -0.2) is 0 Å². The van der Waals surface area contributed by atoms with Crippen LogP contribution in [-0.4, -0.2) is 26.1 Å². The Morgan fingerprint density at radius 2 is 2.14 bits per heavy atom. The van der Waals surface area contributed by atoms with Crippen molar-refractivity contribution in [3.63, 3.8) is 0 Å². The molecule has 2 aromatic heterocycles. The summed E-state index contributed by atoms with van der Waals surface area (Å²) in [7, 11) is 0. The Hall–Kier alpha value is -1.08. The maximum Gasteiger partial charge on any atom is 0.234 e. The third kappa shape index (κ3) is 3.23. The molecule has 3 aromatic rings. The number of benzene rings is 1. The maximum absolute atomic E-state index is 6.14. The molecule has 0 spiro atoms. The first-order chi connectivity index (χ1) is 10.2. The highest BCUT2D eigenvalue weighted by atomic mass is 35.5. The molecule has 108 valence electrons. The Morgan fingerprint density at radius 1 is 1.29 bits per heavy atom. The highest BCUT2D eigenvalue weighted by Gasteiger charge is 2.09. The van der Waals surface area contributed by atoms with Gasteiger partial charge in [-0.05, 0) is 30.0 Å². The normalized spacial score (nSPS) is 11.8. The predicted molar refractivity (Wildman–Crippen MR) is 91.3 cm³/mol. The van der Waals surface area contributed by atoms with Crippen molar-refractivity contribution in [2.24, 2.45) is 0 Å². The van der Waals surface area contributed by atoms with Crippen molar-refractivity contribution in [1.29, 1.82) is 0 Å². The molecule has 8 heteroatoms. The molecular formula is C13H10Cl2N4S2. The van der Waals surface area contributed by atoms with Gasteiger partial charge in [0.25, 0.3) is 0 Å². The van der Waals surface area contributed by atoms with Crippen LogP contribution in [0, 0.1) is 0 Å². The first kappa shape index (κ1) is 14.8. The smallest absolute Gasteiger partial charge is 0.186 e. The topological polar surface area (TPSA) is 43.1 Å². The summed E-state index contributed by atoms with van der Waals surface area (Å²) in [6.45, 7) is 0. The predicted octanol–water partition coefficient (Wildman–Crippen LogP) is 4.53. The Kier molecular flexibility index (Phi) is 4.49. The van der Waals surface area contributed by atoms with Crippen molar-refractivity contribution < 1.29 is 0 Å². The first-order valence-corrected chi connectivity index (χ1v) is 8.97. The summed E-state index contributed by atoms with van der Waals surface area (Å²) in [5.74, 6) is 1.65. The molecule has 0 atom stereocenters. The molecular weight excluding hydrogens is 347 g/mol. The summed E-state index contributed by atoms with van der Waals surface area (Å²) < 4.78 is 1.78. The average Bonchev–Trinajstić information content (AvgIpc) is 3.00. The molecule has 0 unspecified atom stereocenters. The molecule has 2 heterocycles. The number of thioether (sulfide) groups is 1. The van der Waals surface area contributed by atoms with Crippen molar-refractivity contribution in [2.45, 2.75) is 5.75 Å². The molecule has 0 bridgehead atoms. The van der Waals surface area contributed by atoms with Crippen molar-refractivity contribution in [1.82, 2.24) is 19.8 Å². The third-order valence-electron chi connectivity index (χ3n) is 2.71. The SMILES string of the molecule is CSCc1nnc2sc(/C=C/c3ccc(Cl)cc3Cl)nn12. The number of nitrogens with zero attached hydrogens (tertiary/aromatic N) is 4. The fraction of sp³-hybridized carbons (Fsp3) is 0.154. The van der Waals surface area contributed by atoms with Crippen molar-refractivity contribution in [3.8, 4) is 0 Å². The largest absolute Gasteiger partial charge is 0.234 e. The first-order valence-electron chi connectivity index (χ1n) is 6.00. The van der Waals surface area contributed by atoms with Crippen LogP contribution in [0.15, 0.2) is 18.2 Å². The molecule has 0 N–H and O–H groups in total. The van der Waals surface area contributed by atoms with Crippen LogP contribution in [0.25, 0.3) is 17.1 Å². The highest BCUT2D eigenvalue weighted by molar-refractivity contribution is 7.97. The van der Waals surface area contributed by atoms with Gasteiger partial charge in [0.05, 0.1) is 5.75 Å². The summed E-state index contributed by atoms with van der Waals surface area (Å²) >= 11 is 15.2. The van der Waals surface area contributed by atoms with E-state index in [0.717, 1.165) is 27.1 Å². The second-order valence-corrected chi connectivity index (χ2v) is 6.88. The lowest BCUT2D eigenvalue weighted by molar-refractivity contribution is 0.881. The van der Waals surface area contributed by atoms with Gasteiger partial charge in [0.15, 0.2) is 5.82 Å². The van der Waals surface area contributed by atoms with Gasteiger partial charge in [0, 0.05) is 10.0 Å².